The summed E-state index contributed by atoms with van der Waals surface area (Å²) in [5.41, 5.74) is 2.78. The standard InChI is InChI=1S/C19H22N2O2/c1-2-11-9-21-16-8-19(17(21)7-13(11)14(16)10-22)18(23)12-5-3-4-6-15(12)20-19/h2-6,13-14,16-17,20,22H,7-10H2,1H3/b11-2-/t13-,14?,16+,17+,19+/m1/s1. The molecule has 5 aliphatic heterocycles. The van der Waals surface area contributed by atoms with E-state index < -0.39 is 5.54 Å². The number of hydrogen-bond donors (Lipinski definition) is 2. The molecule has 0 saturated carbocycles. The number of nitrogens with zero attached hydrogens (tertiary/aromatic N) is 1. The maximum absolute atomic E-state index is 13.2. The Balaban J connectivity index is 1.59. The fraction of sp³-hybridized carbons (Fsp3) is 0.526. The molecule has 4 saturated heterocycles. The van der Waals surface area contributed by atoms with Crippen LogP contribution in [0.25, 0.3) is 0 Å². The van der Waals surface area contributed by atoms with E-state index in [9.17, 15) is 9.90 Å². The third kappa shape index (κ3) is 1.51. The van der Waals surface area contributed by atoms with Crippen LogP contribution in [-0.4, -0.2) is 46.6 Å². The van der Waals surface area contributed by atoms with Gasteiger partial charge in [0, 0.05) is 42.4 Å². The number of aliphatic hydroxyl groups excluding tert-OH is 1. The molecule has 2 unspecified atom stereocenters. The highest BCUT2D eigenvalue weighted by atomic mass is 16.3. The lowest BCUT2D eigenvalue weighted by atomic mass is 9.71. The molecule has 1 aromatic carbocycles. The molecule has 0 aromatic heterocycles. The van der Waals surface area contributed by atoms with Crippen molar-refractivity contribution in [1.29, 1.82) is 0 Å². The van der Waals surface area contributed by atoms with Crippen molar-refractivity contribution in [2.75, 3.05) is 18.5 Å². The molecule has 1 aromatic rings. The highest BCUT2D eigenvalue weighted by Gasteiger charge is 2.66. The van der Waals surface area contributed by atoms with Crippen LogP contribution in [0.5, 0.6) is 0 Å². The van der Waals surface area contributed by atoms with E-state index in [1.165, 1.54) is 5.57 Å². The maximum Gasteiger partial charge on any atom is 0.191 e. The number of carbonyl (C=O) groups is 1. The fourth-order valence-corrected chi connectivity index (χ4v) is 5.76. The molecule has 5 aliphatic rings. The molecule has 2 N–H and O–H groups in total. The number of rotatable bonds is 1. The van der Waals surface area contributed by atoms with Crippen molar-refractivity contribution in [3.63, 3.8) is 0 Å². The molecule has 1 spiro atoms. The van der Waals surface area contributed by atoms with Crippen molar-refractivity contribution in [2.45, 2.75) is 37.4 Å². The minimum absolute atomic E-state index is 0.215. The summed E-state index contributed by atoms with van der Waals surface area (Å²) >= 11 is 0. The Hall–Kier alpha value is -1.65. The second kappa shape index (κ2) is 4.46. The van der Waals surface area contributed by atoms with Gasteiger partial charge in [0.25, 0.3) is 0 Å². The Morgan fingerprint density at radius 2 is 2.26 bits per heavy atom. The minimum Gasteiger partial charge on any atom is -0.396 e. The van der Waals surface area contributed by atoms with Gasteiger partial charge >= 0.3 is 0 Å². The third-order valence-corrected chi connectivity index (χ3v) is 6.77. The van der Waals surface area contributed by atoms with Crippen molar-refractivity contribution in [3.8, 4) is 0 Å². The van der Waals surface area contributed by atoms with Crippen molar-refractivity contribution < 1.29 is 9.90 Å². The molecule has 6 atom stereocenters. The molecule has 4 bridgehead atoms. The molecule has 0 aliphatic carbocycles. The number of piperidine rings is 3. The number of ketones is 1. The normalized spacial score (nSPS) is 44.9. The van der Waals surface area contributed by atoms with Crippen LogP contribution < -0.4 is 5.32 Å². The van der Waals surface area contributed by atoms with Crippen molar-refractivity contribution in [1.82, 2.24) is 4.90 Å². The van der Waals surface area contributed by atoms with Crippen LogP contribution in [0.15, 0.2) is 35.9 Å². The predicted octanol–water partition coefficient (Wildman–Crippen LogP) is 2.06. The number of benzene rings is 1. The first-order valence-electron chi connectivity index (χ1n) is 8.63. The first kappa shape index (κ1) is 13.8. The van der Waals surface area contributed by atoms with Gasteiger partial charge in [0.1, 0.15) is 5.54 Å². The molecule has 4 fully saturated rings. The predicted molar refractivity (Wildman–Crippen MR) is 88.5 cm³/mol. The van der Waals surface area contributed by atoms with Crippen LogP contribution in [0.1, 0.15) is 30.1 Å². The molecular formula is C19H22N2O2. The second-order valence-corrected chi connectivity index (χ2v) is 7.48. The third-order valence-electron chi connectivity index (χ3n) is 6.77. The summed E-state index contributed by atoms with van der Waals surface area (Å²) in [5.74, 6) is 0.957. The van der Waals surface area contributed by atoms with Crippen LogP contribution in [0, 0.1) is 11.8 Å². The summed E-state index contributed by atoms with van der Waals surface area (Å²) in [4.78, 5) is 15.7. The summed E-state index contributed by atoms with van der Waals surface area (Å²) in [7, 11) is 0. The highest BCUT2D eigenvalue weighted by molar-refractivity contribution is 6.14. The number of Topliss-reactive ketones (excluding diaryl/α,β-unsaturated/α-hetero) is 1. The molecule has 0 amide bonds. The van der Waals surface area contributed by atoms with Crippen molar-refractivity contribution in [3.05, 3.63) is 41.5 Å². The van der Waals surface area contributed by atoms with E-state index in [4.69, 9.17) is 0 Å². The van der Waals surface area contributed by atoms with Gasteiger partial charge in [-0.1, -0.05) is 23.8 Å². The van der Waals surface area contributed by atoms with Gasteiger partial charge in [-0.25, -0.2) is 0 Å². The van der Waals surface area contributed by atoms with Gasteiger partial charge in [0.15, 0.2) is 5.78 Å². The number of nitrogens with one attached hydrogen (secondary N) is 1. The van der Waals surface area contributed by atoms with Gasteiger partial charge in [-0.05, 0) is 37.8 Å². The first-order valence-corrected chi connectivity index (χ1v) is 8.63. The number of para-hydroxylation sites is 1. The van der Waals surface area contributed by atoms with Gasteiger partial charge in [0.05, 0.1) is 0 Å². The summed E-state index contributed by atoms with van der Waals surface area (Å²) in [6.07, 6.45) is 4.02. The maximum atomic E-state index is 13.2. The summed E-state index contributed by atoms with van der Waals surface area (Å²) < 4.78 is 0. The molecule has 4 heteroatoms. The largest absolute Gasteiger partial charge is 0.396 e. The topological polar surface area (TPSA) is 52.6 Å². The lowest BCUT2D eigenvalue weighted by molar-refractivity contribution is -0.00539. The van der Waals surface area contributed by atoms with E-state index in [-0.39, 0.29) is 24.3 Å². The molecule has 4 nitrogen and oxygen atoms in total. The van der Waals surface area contributed by atoms with Gasteiger partial charge in [-0.2, -0.15) is 0 Å². The van der Waals surface area contributed by atoms with Crippen LogP contribution in [-0.2, 0) is 0 Å². The lowest BCUT2D eigenvalue weighted by Gasteiger charge is -2.52. The fourth-order valence-electron chi connectivity index (χ4n) is 5.76. The Bertz CT molecular complexity index is 728. The first-order chi connectivity index (χ1) is 11.2. The van der Waals surface area contributed by atoms with Crippen LogP contribution in [0.3, 0.4) is 0 Å². The van der Waals surface area contributed by atoms with E-state index in [1.807, 2.05) is 24.3 Å². The average Bonchev–Trinajstić information content (AvgIpc) is 3.00. The summed E-state index contributed by atoms with van der Waals surface area (Å²) in [6, 6.07) is 8.45. The monoisotopic (exact) mass is 310 g/mol. The number of aliphatic hydroxyl groups is 1. The number of hydrogen-bond acceptors (Lipinski definition) is 4. The van der Waals surface area contributed by atoms with Crippen LogP contribution >= 0.6 is 0 Å². The van der Waals surface area contributed by atoms with E-state index >= 15 is 0 Å². The van der Waals surface area contributed by atoms with Gasteiger partial charge in [0.2, 0.25) is 0 Å². The Kier molecular flexibility index (Phi) is 2.67. The zero-order valence-electron chi connectivity index (χ0n) is 13.3. The molecule has 5 heterocycles. The van der Waals surface area contributed by atoms with Crippen LogP contribution in [0.4, 0.5) is 5.69 Å². The van der Waals surface area contributed by atoms with Gasteiger partial charge in [-0.3, -0.25) is 9.69 Å². The average molecular weight is 310 g/mol. The molecular weight excluding hydrogens is 288 g/mol. The molecule has 0 radical (unpaired) electrons. The SMILES string of the molecule is C/C=C1/CN2[C@H]3C[C@H]1C(CO)[C@@H]2C[C@]31Nc2ccccc2C1=O. The number of anilines is 1. The Labute approximate surface area is 136 Å². The molecule has 23 heavy (non-hydrogen) atoms. The van der Waals surface area contributed by atoms with E-state index in [1.54, 1.807) is 0 Å². The number of fused-ring (bicyclic) bond motifs is 2. The van der Waals surface area contributed by atoms with E-state index in [0.717, 1.165) is 30.6 Å². The zero-order chi connectivity index (χ0) is 15.8. The quantitative estimate of drug-likeness (QED) is 0.780. The summed E-state index contributed by atoms with van der Waals surface area (Å²) in [5, 5.41) is 13.6. The van der Waals surface area contributed by atoms with E-state index in [2.05, 4.69) is 23.2 Å². The second-order valence-electron chi connectivity index (χ2n) is 7.48. The number of carbonyl (C=O) groups excluding carboxylic acids is 1. The number of allylic oxidation sites excluding steroid dienone is 1. The van der Waals surface area contributed by atoms with E-state index in [0.29, 0.717) is 12.0 Å². The molecule has 120 valence electrons. The van der Waals surface area contributed by atoms with Gasteiger partial charge < -0.3 is 10.4 Å². The summed E-state index contributed by atoms with van der Waals surface area (Å²) in [6.45, 7) is 3.27. The lowest BCUT2D eigenvalue weighted by Crippen LogP contribution is -2.61. The zero-order valence-corrected chi connectivity index (χ0v) is 13.3. The van der Waals surface area contributed by atoms with Crippen molar-refractivity contribution >= 4 is 11.5 Å². The Morgan fingerprint density at radius 3 is 3.00 bits per heavy atom. The van der Waals surface area contributed by atoms with Crippen LogP contribution in [0.2, 0.25) is 0 Å². The van der Waals surface area contributed by atoms with Crippen molar-refractivity contribution in [2.24, 2.45) is 11.8 Å². The smallest absolute Gasteiger partial charge is 0.191 e. The minimum atomic E-state index is -0.476. The molecule has 6 rings (SSSR count). The highest BCUT2D eigenvalue weighted by Crippen LogP contribution is 2.56. The van der Waals surface area contributed by atoms with Gasteiger partial charge in [-0.15, -0.1) is 0 Å². The Morgan fingerprint density at radius 1 is 1.43 bits per heavy atom.